The molecular formula is C14H16N4O4. The van der Waals surface area contributed by atoms with Crippen LogP contribution >= 0.6 is 0 Å². The quantitative estimate of drug-likeness (QED) is 0.915. The molecule has 0 aromatic carbocycles. The number of carbonyl (C=O) groups is 1. The van der Waals surface area contributed by atoms with E-state index in [1.807, 2.05) is 13.1 Å². The molecule has 2 aromatic rings. The van der Waals surface area contributed by atoms with Crippen molar-refractivity contribution in [3.05, 3.63) is 18.0 Å². The molecular weight excluding hydrogens is 288 g/mol. The minimum absolute atomic E-state index is 0.00926. The zero-order chi connectivity index (χ0) is 15.3. The van der Waals surface area contributed by atoms with Gasteiger partial charge in [0.2, 0.25) is 5.88 Å². The van der Waals surface area contributed by atoms with E-state index in [1.165, 1.54) is 0 Å². The molecule has 22 heavy (non-hydrogen) atoms. The molecule has 8 nitrogen and oxygen atoms in total. The van der Waals surface area contributed by atoms with Gasteiger partial charge in [0, 0.05) is 24.7 Å². The molecule has 1 N–H and O–H groups in total. The van der Waals surface area contributed by atoms with Gasteiger partial charge in [-0.3, -0.25) is 4.68 Å². The average molecular weight is 304 g/mol. The Hall–Kier alpha value is -2.35. The lowest BCUT2D eigenvalue weighted by Crippen LogP contribution is -2.30. The third-order valence-corrected chi connectivity index (χ3v) is 4.05. The zero-order valence-corrected chi connectivity index (χ0v) is 12.1. The third kappa shape index (κ3) is 1.98. The van der Waals surface area contributed by atoms with Gasteiger partial charge in [-0.2, -0.15) is 10.2 Å². The summed E-state index contributed by atoms with van der Waals surface area (Å²) in [5.41, 5.74) is 1.20. The summed E-state index contributed by atoms with van der Waals surface area (Å²) in [6, 6.07) is 0.218. The third-order valence-electron chi connectivity index (χ3n) is 4.05. The van der Waals surface area contributed by atoms with E-state index in [0.29, 0.717) is 36.9 Å². The van der Waals surface area contributed by atoms with Crippen molar-refractivity contribution < 1.29 is 19.4 Å². The van der Waals surface area contributed by atoms with Gasteiger partial charge < -0.3 is 14.6 Å². The minimum atomic E-state index is -1.04. The highest BCUT2D eigenvalue weighted by Gasteiger charge is 2.31. The average Bonchev–Trinajstić information content (AvgIpc) is 3.00. The van der Waals surface area contributed by atoms with Gasteiger partial charge in [0.05, 0.1) is 31.6 Å². The molecule has 2 aliphatic rings. The number of rotatable bonds is 3. The van der Waals surface area contributed by atoms with Gasteiger partial charge in [-0.1, -0.05) is 0 Å². The fourth-order valence-electron chi connectivity index (χ4n) is 2.70. The molecule has 1 fully saturated rings. The van der Waals surface area contributed by atoms with Crippen molar-refractivity contribution in [3.8, 4) is 17.1 Å². The lowest BCUT2D eigenvalue weighted by Gasteiger charge is -2.25. The van der Waals surface area contributed by atoms with Crippen molar-refractivity contribution in [2.24, 2.45) is 0 Å². The van der Waals surface area contributed by atoms with Crippen LogP contribution in [0.3, 0.4) is 0 Å². The van der Waals surface area contributed by atoms with Crippen molar-refractivity contribution in [2.75, 3.05) is 13.2 Å². The summed E-state index contributed by atoms with van der Waals surface area (Å²) in [7, 11) is 0. The Kier molecular flexibility index (Phi) is 2.93. The topological polar surface area (TPSA) is 91.4 Å². The number of aromatic nitrogens is 4. The second-order valence-corrected chi connectivity index (χ2v) is 5.67. The highest BCUT2D eigenvalue weighted by atomic mass is 16.5. The summed E-state index contributed by atoms with van der Waals surface area (Å²) in [6.07, 6.45) is 4.26. The number of nitrogens with zero attached hydrogens (tertiary/aromatic N) is 4. The van der Waals surface area contributed by atoms with Crippen LogP contribution in [-0.4, -0.2) is 50.0 Å². The van der Waals surface area contributed by atoms with E-state index in [1.54, 1.807) is 15.6 Å². The van der Waals surface area contributed by atoms with E-state index in [9.17, 15) is 9.90 Å². The molecule has 2 aliphatic heterocycles. The summed E-state index contributed by atoms with van der Waals surface area (Å²) < 4.78 is 14.3. The lowest BCUT2D eigenvalue weighted by atomic mass is 10.1. The van der Waals surface area contributed by atoms with Gasteiger partial charge in [0.25, 0.3) is 0 Å². The SMILES string of the molecule is C[C@@H]1CCn2nc(-c3cnn(C4COC4)c3)c(C(=O)O)c2O1. The predicted octanol–water partition coefficient (Wildman–Crippen LogP) is 1.19. The first-order valence-electron chi connectivity index (χ1n) is 7.26. The molecule has 0 unspecified atom stereocenters. The number of carboxylic acid groups (broad SMARTS) is 1. The maximum atomic E-state index is 11.7. The van der Waals surface area contributed by atoms with Crippen molar-refractivity contribution in [1.29, 1.82) is 0 Å². The van der Waals surface area contributed by atoms with Crippen LogP contribution in [0.1, 0.15) is 29.7 Å². The van der Waals surface area contributed by atoms with E-state index < -0.39 is 5.97 Å². The summed E-state index contributed by atoms with van der Waals surface area (Å²) in [5.74, 6) is -0.703. The summed E-state index contributed by atoms with van der Waals surface area (Å²) in [6.45, 7) is 3.85. The van der Waals surface area contributed by atoms with Crippen LogP contribution in [-0.2, 0) is 11.3 Å². The fraction of sp³-hybridized carbons (Fsp3) is 0.500. The Balaban J connectivity index is 1.77. The normalized spacial score (nSPS) is 21.0. The lowest BCUT2D eigenvalue weighted by molar-refractivity contribution is -0.0286. The largest absolute Gasteiger partial charge is 0.477 e. The molecule has 0 amide bonds. The fourth-order valence-corrected chi connectivity index (χ4v) is 2.70. The molecule has 0 aliphatic carbocycles. The number of ether oxygens (including phenoxy) is 2. The van der Waals surface area contributed by atoms with Gasteiger partial charge >= 0.3 is 5.97 Å². The standard InChI is InChI=1S/C14H16N4O4/c1-8-2-3-17-13(22-8)11(14(19)20)12(16-17)9-4-15-18(5-9)10-6-21-7-10/h4-5,8,10H,2-3,6-7H2,1H3,(H,19,20)/t8-/m1/s1. The smallest absolute Gasteiger partial charge is 0.343 e. The maximum Gasteiger partial charge on any atom is 0.343 e. The molecule has 0 bridgehead atoms. The first-order chi connectivity index (χ1) is 10.6. The molecule has 0 saturated carbocycles. The van der Waals surface area contributed by atoms with Crippen LogP contribution < -0.4 is 4.74 Å². The van der Waals surface area contributed by atoms with Crippen LogP contribution in [0.5, 0.6) is 5.88 Å². The van der Waals surface area contributed by atoms with Crippen LogP contribution in [0.25, 0.3) is 11.3 Å². The first kappa shape index (κ1) is 13.3. The van der Waals surface area contributed by atoms with Gasteiger partial charge in [-0.15, -0.1) is 0 Å². The second kappa shape index (κ2) is 4.84. The molecule has 1 saturated heterocycles. The number of aryl methyl sites for hydroxylation is 1. The summed E-state index contributed by atoms with van der Waals surface area (Å²) in [4.78, 5) is 11.7. The van der Waals surface area contributed by atoms with E-state index in [2.05, 4.69) is 10.2 Å². The van der Waals surface area contributed by atoms with E-state index >= 15 is 0 Å². The van der Waals surface area contributed by atoms with Crippen LogP contribution in [0.2, 0.25) is 0 Å². The number of hydrogen-bond donors (Lipinski definition) is 1. The molecule has 116 valence electrons. The Morgan fingerprint density at radius 3 is 2.95 bits per heavy atom. The number of aromatic carboxylic acids is 1. The molecule has 2 aromatic heterocycles. The number of hydrogen-bond acceptors (Lipinski definition) is 5. The van der Waals surface area contributed by atoms with Crippen molar-refractivity contribution in [3.63, 3.8) is 0 Å². The van der Waals surface area contributed by atoms with Gasteiger partial charge in [-0.25, -0.2) is 9.48 Å². The van der Waals surface area contributed by atoms with Crippen molar-refractivity contribution >= 4 is 5.97 Å². The highest BCUT2D eigenvalue weighted by molar-refractivity contribution is 5.97. The first-order valence-corrected chi connectivity index (χ1v) is 7.26. The molecule has 4 heterocycles. The van der Waals surface area contributed by atoms with Gasteiger partial charge in [-0.05, 0) is 6.92 Å². The Labute approximate surface area is 126 Å². The Morgan fingerprint density at radius 2 is 2.27 bits per heavy atom. The molecule has 8 heteroatoms. The zero-order valence-electron chi connectivity index (χ0n) is 12.1. The van der Waals surface area contributed by atoms with Gasteiger partial charge in [0.15, 0.2) is 0 Å². The van der Waals surface area contributed by atoms with Crippen molar-refractivity contribution in [1.82, 2.24) is 19.6 Å². The molecule has 0 radical (unpaired) electrons. The van der Waals surface area contributed by atoms with Gasteiger partial charge in [0.1, 0.15) is 11.3 Å². The maximum absolute atomic E-state index is 11.7. The highest BCUT2D eigenvalue weighted by Crippen LogP contribution is 2.34. The summed E-state index contributed by atoms with van der Waals surface area (Å²) in [5, 5.41) is 18.3. The van der Waals surface area contributed by atoms with E-state index in [0.717, 1.165) is 6.42 Å². The van der Waals surface area contributed by atoms with Crippen LogP contribution in [0.4, 0.5) is 0 Å². The predicted molar refractivity (Wildman–Crippen MR) is 75.0 cm³/mol. The monoisotopic (exact) mass is 304 g/mol. The Bertz CT molecular complexity index is 731. The van der Waals surface area contributed by atoms with E-state index in [-0.39, 0.29) is 17.7 Å². The van der Waals surface area contributed by atoms with E-state index in [4.69, 9.17) is 9.47 Å². The second-order valence-electron chi connectivity index (χ2n) is 5.67. The van der Waals surface area contributed by atoms with Crippen LogP contribution in [0.15, 0.2) is 12.4 Å². The molecule has 0 spiro atoms. The van der Waals surface area contributed by atoms with Crippen molar-refractivity contribution in [2.45, 2.75) is 32.0 Å². The molecule has 4 rings (SSSR count). The number of fused-ring (bicyclic) bond motifs is 1. The Morgan fingerprint density at radius 1 is 1.45 bits per heavy atom. The summed E-state index contributed by atoms with van der Waals surface area (Å²) >= 11 is 0. The molecule has 1 atom stereocenters. The minimum Gasteiger partial charge on any atom is -0.477 e. The number of carboxylic acids is 1. The van der Waals surface area contributed by atoms with Crippen LogP contribution in [0, 0.1) is 0 Å².